The summed E-state index contributed by atoms with van der Waals surface area (Å²) in [5, 5.41) is 30.3. The summed E-state index contributed by atoms with van der Waals surface area (Å²) in [6.07, 6.45) is 3.35. The molecule has 0 spiro atoms. The molecule has 10 heteroatoms. The van der Waals surface area contributed by atoms with Gasteiger partial charge in [-0.15, -0.1) is 0 Å². The number of rotatable bonds is 10. The molecule has 1 aromatic carbocycles. The fourth-order valence-electron chi connectivity index (χ4n) is 2.92. The van der Waals surface area contributed by atoms with Crippen LogP contribution in [0.3, 0.4) is 0 Å². The molecule has 0 aliphatic rings. The van der Waals surface area contributed by atoms with Crippen molar-refractivity contribution in [2.75, 3.05) is 31.6 Å². The predicted octanol–water partition coefficient (Wildman–Crippen LogP) is 1.74. The highest BCUT2D eigenvalue weighted by Crippen LogP contribution is 2.25. The predicted molar refractivity (Wildman–Crippen MR) is 110 cm³/mol. The number of pyridine rings is 1. The van der Waals surface area contributed by atoms with Crippen LogP contribution in [0.25, 0.3) is 11.3 Å². The summed E-state index contributed by atoms with van der Waals surface area (Å²) in [4.78, 5) is 16.9. The average molecular weight is 431 g/mol. The van der Waals surface area contributed by atoms with E-state index in [1.165, 1.54) is 24.5 Å². The third-order valence-electron chi connectivity index (χ3n) is 4.66. The van der Waals surface area contributed by atoms with E-state index in [2.05, 4.69) is 25.8 Å². The van der Waals surface area contributed by atoms with Crippen LogP contribution in [0.15, 0.2) is 42.7 Å². The van der Waals surface area contributed by atoms with Crippen LogP contribution < -0.4 is 10.6 Å². The van der Waals surface area contributed by atoms with Gasteiger partial charge in [-0.1, -0.05) is 12.1 Å². The number of nitrogens with zero attached hydrogens (tertiary/aromatic N) is 2. The Kier molecular flexibility index (Phi) is 7.63. The molecule has 0 unspecified atom stereocenters. The van der Waals surface area contributed by atoms with E-state index in [0.717, 1.165) is 11.6 Å². The first-order valence-corrected chi connectivity index (χ1v) is 9.69. The molecule has 31 heavy (non-hydrogen) atoms. The number of aromatic nitrogens is 3. The average Bonchev–Trinajstić information content (AvgIpc) is 3.29. The van der Waals surface area contributed by atoms with Crippen molar-refractivity contribution >= 4 is 11.7 Å². The summed E-state index contributed by atoms with van der Waals surface area (Å²) in [7, 11) is 0. The number of aliphatic hydroxyl groups is 2. The van der Waals surface area contributed by atoms with Crippen molar-refractivity contribution < 1.29 is 23.8 Å². The Morgan fingerprint density at radius 3 is 2.68 bits per heavy atom. The number of H-pyrrole nitrogens is 1. The van der Waals surface area contributed by atoms with Crippen molar-refractivity contribution in [1.82, 2.24) is 20.5 Å². The molecule has 0 saturated heterocycles. The van der Waals surface area contributed by atoms with Crippen molar-refractivity contribution in [2.45, 2.75) is 6.42 Å². The molecule has 0 fully saturated rings. The number of hydrogen-bond acceptors (Lipinski definition) is 6. The van der Waals surface area contributed by atoms with Crippen molar-refractivity contribution in [3.63, 3.8) is 0 Å². The Labute approximate surface area is 177 Å². The van der Waals surface area contributed by atoms with Crippen LogP contribution in [-0.2, 0) is 6.42 Å². The van der Waals surface area contributed by atoms with Crippen molar-refractivity contribution in [1.29, 1.82) is 0 Å². The van der Waals surface area contributed by atoms with E-state index in [1.54, 1.807) is 12.1 Å². The highest BCUT2D eigenvalue weighted by molar-refractivity contribution is 5.99. The number of halogens is 2. The third-order valence-corrected chi connectivity index (χ3v) is 4.66. The smallest absolute Gasteiger partial charge is 0.255 e. The van der Waals surface area contributed by atoms with Gasteiger partial charge < -0.3 is 20.8 Å². The Morgan fingerprint density at radius 2 is 2.00 bits per heavy atom. The fourth-order valence-corrected chi connectivity index (χ4v) is 2.92. The molecule has 164 valence electrons. The molecular weight excluding hydrogens is 408 g/mol. The number of aromatic amines is 1. The first-order valence-electron chi connectivity index (χ1n) is 9.69. The molecule has 2 aromatic heterocycles. The lowest BCUT2D eigenvalue weighted by atomic mass is 10.1. The summed E-state index contributed by atoms with van der Waals surface area (Å²) in [6.45, 7) is -0.272. The Balaban J connectivity index is 1.82. The maximum atomic E-state index is 14.7. The van der Waals surface area contributed by atoms with Crippen LogP contribution in [0.4, 0.5) is 14.6 Å². The van der Waals surface area contributed by atoms with Gasteiger partial charge >= 0.3 is 0 Å². The topological polar surface area (TPSA) is 123 Å². The minimum Gasteiger partial charge on any atom is -0.396 e. The highest BCUT2D eigenvalue weighted by atomic mass is 19.1. The largest absolute Gasteiger partial charge is 0.396 e. The summed E-state index contributed by atoms with van der Waals surface area (Å²) >= 11 is 0. The van der Waals surface area contributed by atoms with Gasteiger partial charge in [0.05, 0.1) is 11.8 Å². The summed E-state index contributed by atoms with van der Waals surface area (Å²) < 4.78 is 28.1. The van der Waals surface area contributed by atoms with Gasteiger partial charge in [-0.25, -0.2) is 13.8 Å². The molecule has 5 N–H and O–H groups in total. The van der Waals surface area contributed by atoms with E-state index >= 15 is 0 Å². The van der Waals surface area contributed by atoms with Crippen molar-refractivity contribution in [2.24, 2.45) is 5.92 Å². The zero-order valence-corrected chi connectivity index (χ0v) is 16.6. The summed E-state index contributed by atoms with van der Waals surface area (Å²) in [5.41, 5.74) is 1.16. The number of amides is 1. The highest BCUT2D eigenvalue weighted by Gasteiger charge is 2.20. The van der Waals surface area contributed by atoms with Gasteiger partial charge in [0.1, 0.15) is 17.3 Å². The second-order valence-electron chi connectivity index (χ2n) is 6.95. The standard InChI is InChI=1S/C21H23F2N5O3/c22-16-3-1-2-13(6-16)4-5-24-20-17(21(31)25-8-14(11-29)12-30)7-18(23)19(28-20)15-9-26-27-10-15/h1-3,6-7,9-10,14,29-30H,4-5,8,11-12H2,(H,24,28)(H,25,31)(H,26,27). The van der Waals surface area contributed by atoms with Crippen LogP contribution in [-0.4, -0.2) is 57.6 Å². The van der Waals surface area contributed by atoms with Crippen molar-refractivity contribution in [3.05, 3.63) is 65.5 Å². The molecule has 3 aromatic rings. The minimum atomic E-state index is -0.705. The Hall–Kier alpha value is -3.37. The zero-order chi connectivity index (χ0) is 22.2. The number of carbonyl (C=O) groups is 1. The summed E-state index contributed by atoms with van der Waals surface area (Å²) in [5.74, 6) is -2.04. The monoisotopic (exact) mass is 431 g/mol. The molecule has 0 radical (unpaired) electrons. The van der Waals surface area contributed by atoms with E-state index in [4.69, 9.17) is 10.2 Å². The molecule has 8 nitrogen and oxygen atoms in total. The van der Waals surface area contributed by atoms with E-state index in [1.807, 2.05) is 0 Å². The van der Waals surface area contributed by atoms with Gasteiger partial charge in [-0.05, 0) is 30.2 Å². The lowest BCUT2D eigenvalue weighted by Crippen LogP contribution is -2.33. The molecular formula is C21H23F2N5O3. The zero-order valence-electron chi connectivity index (χ0n) is 16.6. The Bertz CT molecular complexity index is 1010. The van der Waals surface area contributed by atoms with Crippen LogP contribution in [0.5, 0.6) is 0 Å². The minimum absolute atomic E-state index is 0.0136. The molecule has 0 atom stereocenters. The normalized spacial score (nSPS) is 11.0. The second kappa shape index (κ2) is 10.6. The fraction of sp³-hybridized carbons (Fsp3) is 0.286. The van der Waals surface area contributed by atoms with Crippen LogP contribution in [0, 0.1) is 17.6 Å². The van der Waals surface area contributed by atoms with Crippen LogP contribution >= 0.6 is 0 Å². The van der Waals surface area contributed by atoms with Crippen LogP contribution in [0.1, 0.15) is 15.9 Å². The number of nitrogens with one attached hydrogen (secondary N) is 3. The van der Waals surface area contributed by atoms with Gasteiger partial charge in [0.25, 0.3) is 5.91 Å². The van der Waals surface area contributed by atoms with E-state index < -0.39 is 17.6 Å². The summed E-state index contributed by atoms with van der Waals surface area (Å²) in [6, 6.07) is 7.22. The van der Waals surface area contributed by atoms with Gasteiger partial charge in [0.15, 0.2) is 5.82 Å². The number of aliphatic hydroxyl groups excluding tert-OH is 2. The maximum Gasteiger partial charge on any atom is 0.255 e. The van der Waals surface area contributed by atoms with Crippen LogP contribution in [0.2, 0.25) is 0 Å². The van der Waals surface area contributed by atoms with E-state index in [-0.39, 0.29) is 42.7 Å². The lowest BCUT2D eigenvalue weighted by molar-refractivity contribution is 0.0922. The lowest BCUT2D eigenvalue weighted by Gasteiger charge is -2.15. The molecule has 3 rings (SSSR count). The number of hydrogen-bond donors (Lipinski definition) is 5. The quantitative estimate of drug-likeness (QED) is 0.333. The third kappa shape index (κ3) is 5.83. The van der Waals surface area contributed by atoms with Gasteiger partial charge in [0, 0.05) is 44.0 Å². The first kappa shape index (κ1) is 22.3. The van der Waals surface area contributed by atoms with E-state index in [9.17, 15) is 13.6 Å². The number of benzene rings is 1. The van der Waals surface area contributed by atoms with Gasteiger partial charge in [-0.3, -0.25) is 9.89 Å². The SMILES string of the molecule is O=C(NCC(CO)CO)c1cc(F)c(-c2cn[nH]c2)nc1NCCc1cccc(F)c1. The molecule has 0 aliphatic heterocycles. The number of anilines is 1. The molecule has 0 saturated carbocycles. The molecule has 0 aliphatic carbocycles. The number of carbonyl (C=O) groups excluding carboxylic acids is 1. The van der Waals surface area contributed by atoms with E-state index in [0.29, 0.717) is 18.5 Å². The first-order chi connectivity index (χ1) is 15.0. The van der Waals surface area contributed by atoms with Gasteiger partial charge in [0.2, 0.25) is 0 Å². The van der Waals surface area contributed by atoms with Gasteiger partial charge in [-0.2, -0.15) is 5.10 Å². The molecule has 2 heterocycles. The maximum absolute atomic E-state index is 14.7. The molecule has 1 amide bonds. The van der Waals surface area contributed by atoms with Crippen molar-refractivity contribution in [3.8, 4) is 11.3 Å². The second-order valence-corrected chi connectivity index (χ2v) is 6.95. The Morgan fingerprint density at radius 1 is 1.19 bits per heavy atom. The molecule has 0 bridgehead atoms.